The predicted octanol–water partition coefficient (Wildman–Crippen LogP) is 3.59. The lowest BCUT2D eigenvalue weighted by Crippen LogP contribution is -2.39. The Morgan fingerprint density at radius 3 is 2.69 bits per heavy atom. The molecule has 1 unspecified atom stereocenters. The molecule has 0 radical (unpaired) electrons. The summed E-state index contributed by atoms with van der Waals surface area (Å²) >= 11 is 0. The van der Waals surface area contributed by atoms with Crippen LogP contribution in [0.3, 0.4) is 0 Å². The summed E-state index contributed by atoms with van der Waals surface area (Å²) in [6, 6.07) is 8.47. The first-order valence-electron chi connectivity index (χ1n) is 9.31. The average Bonchev–Trinajstić information content (AvgIpc) is 3.19. The van der Waals surface area contributed by atoms with Gasteiger partial charge in [0.1, 0.15) is 0 Å². The van der Waals surface area contributed by atoms with Crippen LogP contribution < -0.4 is 9.47 Å². The molecule has 6 nitrogen and oxygen atoms in total. The summed E-state index contributed by atoms with van der Waals surface area (Å²) < 4.78 is 16.8. The Balaban J connectivity index is 1.53. The van der Waals surface area contributed by atoms with Crippen molar-refractivity contribution >= 4 is 0 Å². The van der Waals surface area contributed by atoms with Crippen molar-refractivity contribution in [1.82, 2.24) is 14.9 Å². The van der Waals surface area contributed by atoms with Crippen LogP contribution in [0.1, 0.15) is 37.4 Å². The molecule has 2 aromatic rings. The van der Waals surface area contributed by atoms with Gasteiger partial charge in [0.05, 0.1) is 31.2 Å². The molecule has 0 aliphatic carbocycles. The van der Waals surface area contributed by atoms with Gasteiger partial charge in [0.2, 0.25) is 5.88 Å². The molecule has 6 heteroatoms. The Morgan fingerprint density at radius 2 is 1.88 bits per heavy atom. The van der Waals surface area contributed by atoms with Gasteiger partial charge < -0.3 is 14.2 Å². The van der Waals surface area contributed by atoms with Gasteiger partial charge >= 0.3 is 0 Å². The molecule has 1 aromatic carbocycles. The molecule has 2 fully saturated rings. The zero-order chi connectivity index (χ0) is 17.8. The second-order valence-corrected chi connectivity index (χ2v) is 6.77. The van der Waals surface area contributed by atoms with E-state index in [1.54, 1.807) is 13.3 Å². The zero-order valence-electron chi connectivity index (χ0n) is 15.1. The first-order chi connectivity index (χ1) is 12.8. The lowest BCUT2D eigenvalue weighted by atomic mass is 10.0. The Bertz CT molecular complexity index is 734. The molecule has 2 aliphatic rings. The number of aromatic nitrogens is 2. The molecule has 0 amide bonds. The highest BCUT2D eigenvalue weighted by atomic mass is 16.5. The van der Waals surface area contributed by atoms with E-state index >= 15 is 0 Å². The molecule has 0 bridgehead atoms. The summed E-state index contributed by atoms with van der Waals surface area (Å²) in [5, 5.41) is 0. The van der Waals surface area contributed by atoms with Gasteiger partial charge in [-0.05, 0) is 44.4 Å². The molecule has 0 spiro atoms. The van der Waals surface area contributed by atoms with Crippen molar-refractivity contribution in [2.75, 3.05) is 26.9 Å². The number of hydrogen-bond donors (Lipinski definition) is 0. The quantitative estimate of drug-likeness (QED) is 0.817. The van der Waals surface area contributed by atoms with Gasteiger partial charge in [-0.25, -0.2) is 4.98 Å². The number of rotatable bonds is 5. The molecule has 4 rings (SSSR count). The minimum Gasteiger partial charge on any atom is -0.493 e. The number of hydrogen-bond acceptors (Lipinski definition) is 6. The molecule has 1 atom stereocenters. The Kier molecular flexibility index (Phi) is 5.32. The fourth-order valence-corrected chi connectivity index (χ4v) is 3.95. The first-order valence-corrected chi connectivity index (χ1v) is 9.31. The Morgan fingerprint density at radius 1 is 1.08 bits per heavy atom. The van der Waals surface area contributed by atoms with E-state index in [4.69, 9.17) is 19.2 Å². The predicted molar refractivity (Wildman–Crippen MR) is 97.6 cm³/mol. The Hall–Kier alpha value is -2.18. The number of benzene rings is 1. The summed E-state index contributed by atoms with van der Waals surface area (Å²) in [4.78, 5) is 11.7. The lowest BCUT2D eigenvalue weighted by molar-refractivity contribution is 0.0284. The average molecular weight is 355 g/mol. The first kappa shape index (κ1) is 17.2. The normalized spacial score (nSPS) is 21.7. The third-order valence-corrected chi connectivity index (χ3v) is 5.21. The number of nitrogens with zero attached hydrogens (tertiary/aromatic N) is 3. The van der Waals surface area contributed by atoms with Crippen LogP contribution in [0.25, 0.3) is 0 Å². The maximum absolute atomic E-state index is 5.94. The van der Waals surface area contributed by atoms with Gasteiger partial charge in [0, 0.05) is 19.3 Å². The molecule has 26 heavy (non-hydrogen) atoms. The van der Waals surface area contributed by atoms with E-state index < -0.39 is 0 Å². The van der Waals surface area contributed by atoms with Crippen LogP contribution in [0.2, 0.25) is 0 Å². The molecule has 0 saturated carbocycles. The maximum atomic E-state index is 5.94. The number of para-hydroxylation sites is 2. The summed E-state index contributed by atoms with van der Waals surface area (Å²) in [7, 11) is 1.63. The van der Waals surface area contributed by atoms with Crippen molar-refractivity contribution in [1.29, 1.82) is 0 Å². The van der Waals surface area contributed by atoms with E-state index in [1.807, 2.05) is 30.5 Å². The SMILES string of the molecule is COc1ccccc1Oc1cncc(C2CCCN2C2CCOCC2)n1. The van der Waals surface area contributed by atoms with Gasteiger partial charge in [0.25, 0.3) is 0 Å². The van der Waals surface area contributed by atoms with E-state index in [2.05, 4.69) is 9.88 Å². The van der Waals surface area contributed by atoms with Gasteiger partial charge in [0.15, 0.2) is 11.5 Å². The summed E-state index contributed by atoms with van der Waals surface area (Å²) in [5.41, 5.74) is 0.987. The van der Waals surface area contributed by atoms with Crippen molar-refractivity contribution < 1.29 is 14.2 Å². The highest BCUT2D eigenvalue weighted by molar-refractivity contribution is 5.41. The summed E-state index contributed by atoms with van der Waals surface area (Å²) in [5.74, 6) is 1.84. The van der Waals surface area contributed by atoms with E-state index in [0.717, 1.165) is 44.7 Å². The van der Waals surface area contributed by atoms with Crippen LogP contribution >= 0.6 is 0 Å². The molecule has 1 aromatic heterocycles. The fraction of sp³-hybridized carbons (Fsp3) is 0.500. The van der Waals surface area contributed by atoms with Crippen molar-refractivity contribution in [3.63, 3.8) is 0 Å². The molecule has 3 heterocycles. The minimum atomic E-state index is 0.312. The molecule has 2 saturated heterocycles. The van der Waals surface area contributed by atoms with Gasteiger partial charge in [-0.3, -0.25) is 9.88 Å². The van der Waals surface area contributed by atoms with Crippen molar-refractivity contribution in [2.45, 2.75) is 37.8 Å². The van der Waals surface area contributed by atoms with Crippen LogP contribution in [0.4, 0.5) is 0 Å². The number of methoxy groups -OCH3 is 1. The van der Waals surface area contributed by atoms with E-state index in [0.29, 0.717) is 29.5 Å². The van der Waals surface area contributed by atoms with Crippen LogP contribution in [0, 0.1) is 0 Å². The lowest BCUT2D eigenvalue weighted by Gasteiger charge is -2.35. The zero-order valence-corrected chi connectivity index (χ0v) is 15.1. The molecule has 0 N–H and O–H groups in total. The number of ether oxygens (including phenoxy) is 3. The van der Waals surface area contributed by atoms with Crippen molar-refractivity contribution in [2.24, 2.45) is 0 Å². The largest absolute Gasteiger partial charge is 0.493 e. The highest BCUT2D eigenvalue weighted by Gasteiger charge is 2.33. The maximum Gasteiger partial charge on any atom is 0.238 e. The number of likely N-dealkylation sites (tertiary alicyclic amines) is 1. The third-order valence-electron chi connectivity index (χ3n) is 5.21. The smallest absolute Gasteiger partial charge is 0.238 e. The van der Waals surface area contributed by atoms with Gasteiger partial charge in [-0.2, -0.15) is 0 Å². The van der Waals surface area contributed by atoms with E-state index in [9.17, 15) is 0 Å². The summed E-state index contributed by atoms with van der Waals surface area (Å²) in [6.07, 6.45) is 8.04. The molecule has 138 valence electrons. The van der Waals surface area contributed by atoms with Crippen LogP contribution in [-0.2, 0) is 4.74 Å². The molecule has 2 aliphatic heterocycles. The standard InChI is InChI=1S/C20H25N3O3/c1-24-18-6-2-3-7-19(18)26-20-14-21-13-16(22-20)17-5-4-10-23(17)15-8-11-25-12-9-15/h2-3,6-7,13-15,17H,4-5,8-12H2,1H3. The van der Waals surface area contributed by atoms with E-state index in [1.165, 1.54) is 6.42 Å². The molecular formula is C20H25N3O3. The van der Waals surface area contributed by atoms with Gasteiger partial charge in [-0.1, -0.05) is 12.1 Å². The van der Waals surface area contributed by atoms with Crippen molar-refractivity contribution in [3.05, 3.63) is 42.4 Å². The van der Waals surface area contributed by atoms with Gasteiger partial charge in [-0.15, -0.1) is 0 Å². The van der Waals surface area contributed by atoms with Crippen molar-refractivity contribution in [3.8, 4) is 17.4 Å². The highest BCUT2D eigenvalue weighted by Crippen LogP contribution is 2.36. The summed E-state index contributed by atoms with van der Waals surface area (Å²) in [6.45, 7) is 2.83. The van der Waals surface area contributed by atoms with E-state index in [-0.39, 0.29) is 0 Å². The molecular weight excluding hydrogens is 330 g/mol. The third kappa shape index (κ3) is 3.66. The second kappa shape index (κ2) is 8.01. The fourth-order valence-electron chi connectivity index (χ4n) is 3.95. The van der Waals surface area contributed by atoms with Crippen LogP contribution in [0.5, 0.6) is 17.4 Å². The topological polar surface area (TPSA) is 56.7 Å². The monoisotopic (exact) mass is 355 g/mol. The minimum absolute atomic E-state index is 0.312. The Labute approximate surface area is 154 Å². The second-order valence-electron chi connectivity index (χ2n) is 6.77. The van der Waals surface area contributed by atoms with Crippen LogP contribution in [-0.4, -0.2) is 47.8 Å². The van der Waals surface area contributed by atoms with Crippen LogP contribution in [0.15, 0.2) is 36.7 Å².